The minimum absolute atomic E-state index is 0.0152. The topological polar surface area (TPSA) is 66.6 Å². The minimum atomic E-state index is -1.11. The molecule has 1 aromatic carbocycles. The zero-order chi connectivity index (χ0) is 17.5. The zero-order valence-corrected chi connectivity index (χ0v) is 14.1. The molecule has 2 N–H and O–H groups in total. The first-order valence-corrected chi connectivity index (χ1v) is 8.27. The van der Waals surface area contributed by atoms with Crippen molar-refractivity contribution in [3.63, 3.8) is 0 Å². The number of piperazine rings is 1. The van der Waals surface area contributed by atoms with E-state index < -0.39 is 16.8 Å². The summed E-state index contributed by atoms with van der Waals surface area (Å²) < 4.78 is 13.4. The zero-order valence-electron chi connectivity index (χ0n) is 14.1. The van der Waals surface area contributed by atoms with E-state index >= 15 is 0 Å². The van der Waals surface area contributed by atoms with E-state index in [0.717, 1.165) is 12.1 Å². The number of carbonyl (C=O) groups is 2. The molecule has 7 heteroatoms. The van der Waals surface area contributed by atoms with Crippen molar-refractivity contribution in [2.24, 2.45) is 5.73 Å². The van der Waals surface area contributed by atoms with Gasteiger partial charge in [-0.3, -0.25) is 9.69 Å². The Labute approximate surface area is 141 Å². The number of amides is 2. The molecule has 1 saturated carbocycles. The Kier molecular flexibility index (Phi) is 4.42. The standard InChI is InChI=1S/C17H24FN4O2/c1-12(23)21(14-6-4-3-5-7-14)16-10-15(16)20-8-9-22(18,13(2)24)11-17(20)19/h3-7,15-17H,8-11,19H2,1-2H3/q+1. The first kappa shape index (κ1) is 17.0. The molecule has 6 nitrogen and oxygen atoms in total. The largest absolute Gasteiger partial charge is 0.348 e. The summed E-state index contributed by atoms with van der Waals surface area (Å²) in [6.45, 7) is 3.30. The van der Waals surface area contributed by atoms with Crippen LogP contribution in [0.5, 0.6) is 0 Å². The summed E-state index contributed by atoms with van der Waals surface area (Å²) in [6, 6.07) is 9.69. The van der Waals surface area contributed by atoms with E-state index in [4.69, 9.17) is 5.73 Å². The molecule has 4 unspecified atom stereocenters. The molecule has 0 aromatic heterocycles. The lowest BCUT2D eigenvalue weighted by Gasteiger charge is -2.39. The average Bonchev–Trinajstić information content (AvgIpc) is 3.28. The normalized spacial score (nSPS) is 33.1. The molecule has 2 aliphatic rings. The van der Waals surface area contributed by atoms with Crippen LogP contribution in [0.15, 0.2) is 30.3 Å². The highest BCUT2D eigenvalue weighted by molar-refractivity contribution is 5.92. The number of rotatable bonds is 3. The van der Waals surface area contributed by atoms with Gasteiger partial charge in [0, 0.05) is 23.1 Å². The van der Waals surface area contributed by atoms with Crippen molar-refractivity contribution in [2.45, 2.75) is 38.5 Å². The summed E-state index contributed by atoms with van der Waals surface area (Å²) in [7, 11) is 0. The van der Waals surface area contributed by atoms with Gasteiger partial charge in [-0.15, -0.1) is 0 Å². The summed E-state index contributed by atoms with van der Waals surface area (Å²) >= 11 is 0. The van der Waals surface area contributed by atoms with Crippen LogP contribution in [0.2, 0.25) is 0 Å². The fraction of sp³-hybridized carbons (Fsp3) is 0.529. The fourth-order valence-electron chi connectivity index (χ4n) is 3.63. The van der Waals surface area contributed by atoms with Crippen LogP contribution < -0.4 is 10.6 Å². The number of para-hydroxylation sites is 1. The van der Waals surface area contributed by atoms with Crippen molar-refractivity contribution in [1.82, 2.24) is 4.90 Å². The van der Waals surface area contributed by atoms with Crippen molar-refractivity contribution in [3.8, 4) is 0 Å². The van der Waals surface area contributed by atoms with E-state index in [0.29, 0.717) is 6.54 Å². The summed E-state index contributed by atoms with van der Waals surface area (Å²) in [5, 5.41) is 0. The number of carbonyl (C=O) groups excluding carboxylic acids is 2. The fourth-order valence-corrected chi connectivity index (χ4v) is 3.63. The molecule has 4 atom stereocenters. The monoisotopic (exact) mass is 335 g/mol. The van der Waals surface area contributed by atoms with Crippen molar-refractivity contribution in [2.75, 3.05) is 24.5 Å². The van der Waals surface area contributed by atoms with Gasteiger partial charge < -0.3 is 10.6 Å². The molecule has 24 heavy (non-hydrogen) atoms. The van der Waals surface area contributed by atoms with Crippen LogP contribution in [0.4, 0.5) is 10.2 Å². The van der Waals surface area contributed by atoms with Gasteiger partial charge in [0.15, 0.2) is 6.54 Å². The van der Waals surface area contributed by atoms with Gasteiger partial charge in [-0.05, 0) is 18.6 Å². The molecule has 0 bridgehead atoms. The summed E-state index contributed by atoms with van der Waals surface area (Å²) in [6.07, 6.45) is 0.293. The van der Waals surface area contributed by atoms with Gasteiger partial charge in [0.2, 0.25) is 5.91 Å². The van der Waals surface area contributed by atoms with Crippen molar-refractivity contribution < 1.29 is 18.8 Å². The number of anilines is 1. The molecule has 2 amide bonds. The molecule has 1 aromatic rings. The highest BCUT2D eigenvalue weighted by Gasteiger charge is 2.53. The number of hydrogen-bond acceptors (Lipinski definition) is 4. The van der Waals surface area contributed by atoms with E-state index in [1.807, 2.05) is 35.2 Å². The van der Waals surface area contributed by atoms with Crippen LogP contribution in [0.1, 0.15) is 20.3 Å². The van der Waals surface area contributed by atoms with Gasteiger partial charge >= 0.3 is 5.91 Å². The summed E-state index contributed by atoms with van der Waals surface area (Å²) in [5.41, 5.74) is 6.99. The quantitative estimate of drug-likeness (QED) is 0.838. The predicted octanol–water partition coefficient (Wildman–Crippen LogP) is 1.03. The maximum Gasteiger partial charge on any atom is 0.348 e. The molecule has 1 aliphatic carbocycles. The Morgan fingerprint density at radius 2 is 1.96 bits per heavy atom. The number of halogens is 1. The van der Waals surface area contributed by atoms with E-state index in [9.17, 15) is 14.1 Å². The SMILES string of the molecule is CC(=O)N(c1ccccc1)C1CC1N1CC[N+](F)(C(C)=O)CC1N. The number of nitrogens with zero attached hydrogens (tertiary/aromatic N) is 3. The van der Waals surface area contributed by atoms with Gasteiger partial charge in [0.05, 0.1) is 19.5 Å². The number of nitrogens with two attached hydrogens (primary N) is 1. The van der Waals surface area contributed by atoms with Crippen LogP contribution in [-0.4, -0.2) is 59.3 Å². The van der Waals surface area contributed by atoms with Gasteiger partial charge in [-0.25, -0.2) is 4.79 Å². The first-order valence-electron chi connectivity index (χ1n) is 8.27. The van der Waals surface area contributed by atoms with Crippen molar-refractivity contribution in [3.05, 3.63) is 30.3 Å². The highest BCUT2D eigenvalue weighted by atomic mass is 19.2. The second-order valence-electron chi connectivity index (χ2n) is 6.69. The molecular formula is C17H24FN4O2+. The third-order valence-electron chi connectivity index (χ3n) is 5.03. The van der Waals surface area contributed by atoms with Gasteiger partial charge in [-0.1, -0.05) is 22.9 Å². The number of benzene rings is 1. The van der Waals surface area contributed by atoms with E-state index in [-0.39, 0.29) is 31.1 Å². The Morgan fingerprint density at radius 3 is 2.50 bits per heavy atom. The molecule has 0 radical (unpaired) electrons. The number of hydrogen-bond donors (Lipinski definition) is 1. The molecule has 130 valence electrons. The van der Waals surface area contributed by atoms with Crippen molar-refractivity contribution >= 4 is 17.5 Å². The lowest BCUT2D eigenvalue weighted by atomic mass is 10.2. The van der Waals surface area contributed by atoms with Crippen LogP contribution in [0, 0.1) is 0 Å². The smallest absolute Gasteiger partial charge is 0.311 e. The molecule has 1 aliphatic heterocycles. The van der Waals surface area contributed by atoms with Crippen LogP contribution in [-0.2, 0) is 9.59 Å². The van der Waals surface area contributed by atoms with E-state index in [1.165, 1.54) is 6.92 Å². The predicted molar refractivity (Wildman–Crippen MR) is 88.3 cm³/mol. The maximum absolute atomic E-state index is 14.5. The van der Waals surface area contributed by atoms with Crippen LogP contribution in [0.3, 0.4) is 0 Å². The Bertz CT molecular complexity index is 641. The molecular weight excluding hydrogens is 311 g/mol. The molecule has 3 rings (SSSR count). The van der Waals surface area contributed by atoms with Gasteiger partial charge in [0.25, 0.3) is 0 Å². The van der Waals surface area contributed by atoms with E-state index in [1.54, 1.807) is 11.8 Å². The molecule has 0 spiro atoms. The average molecular weight is 335 g/mol. The van der Waals surface area contributed by atoms with Gasteiger partial charge in [-0.2, -0.15) is 0 Å². The lowest BCUT2D eigenvalue weighted by molar-refractivity contribution is -0.996. The first-order chi connectivity index (χ1) is 11.3. The Morgan fingerprint density at radius 1 is 1.29 bits per heavy atom. The Hall–Kier alpha value is -1.83. The van der Waals surface area contributed by atoms with Crippen LogP contribution in [0.25, 0.3) is 0 Å². The second-order valence-corrected chi connectivity index (χ2v) is 6.69. The Balaban J connectivity index is 1.70. The highest BCUT2D eigenvalue weighted by Crippen LogP contribution is 2.38. The summed E-state index contributed by atoms with van der Waals surface area (Å²) in [5.74, 6) is -0.522. The maximum atomic E-state index is 14.5. The van der Waals surface area contributed by atoms with Crippen LogP contribution >= 0.6 is 0 Å². The summed E-state index contributed by atoms with van der Waals surface area (Å²) in [4.78, 5) is 27.4. The second kappa shape index (κ2) is 6.23. The number of quaternary nitrogens is 1. The third kappa shape index (κ3) is 3.07. The van der Waals surface area contributed by atoms with E-state index in [2.05, 4.69) is 0 Å². The molecule has 2 fully saturated rings. The molecule has 1 saturated heterocycles. The molecule has 1 heterocycles. The van der Waals surface area contributed by atoms with Gasteiger partial charge in [0.1, 0.15) is 12.7 Å². The van der Waals surface area contributed by atoms with Crippen molar-refractivity contribution in [1.29, 1.82) is 0 Å². The third-order valence-corrected chi connectivity index (χ3v) is 5.03. The lowest BCUT2D eigenvalue weighted by Crippen LogP contribution is -2.65. The minimum Gasteiger partial charge on any atom is -0.311 e.